The molecule has 3 amide bonds. The van der Waals surface area contributed by atoms with E-state index in [-0.39, 0.29) is 56.1 Å². The third kappa shape index (κ3) is 25.7. The third-order valence-electron chi connectivity index (χ3n) is 21.8. The van der Waals surface area contributed by atoms with Crippen molar-refractivity contribution in [3.05, 3.63) is 178 Å². The molecule has 692 valence electrons. The highest BCUT2D eigenvalue weighted by atomic mass is 32.1. The second-order valence-corrected chi connectivity index (χ2v) is 35.6. The minimum absolute atomic E-state index is 0.114. The fraction of sp³-hybridized carbons (Fsp3) is 0.379. The van der Waals surface area contributed by atoms with Crippen LogP contribution in [0.2, 0.25) is 0 Å². The molecule has 0 spiro atoms. The molecule has 0 bridgehead atoms. The first kappa shape index (κ1) is 94.0. The Morgan fingerprint density at radius 2 is 0.634 bits per heavy atom. The molecule has 0 radical (unpaired) electrons. The molecule has 3 fully saturated rings. The summed E-state index contributed by atoms with van der Waals surface area (Å²) in [4.78, 5) is 93.9. The molecule has 0 saturated carbocycles. The highest BCUT2D eigenvalue weighted by molar-refractivity contribution is 7.48. The van der Waals surface area contributed by atoms with Gasteiger partial charge in [-0.15, -0.1) is 34.0 Å². The number of nitrogens with zero attached hydrogens (tertiary/aromatic N) is 15. The molecule has 3 aliphatic heterocycles. The maximum atomic E-state index is 14.7. The normalized spacial score (nSPS) is 14.5. The number of nitrogens with one attached hydrogen (secondary N) is 6. The van der Waals surface area contributed by atoms with Gasteiger partial charge in [0.15, 0.2) is 84.8 Å². The van der Waals surface area contributed by atoms with Gasteiger partial charge in [-0.3, -0.25) is 42.7 Å². The van der Waals surface area contributed by atoms with Crippen LogP contribution in [0.3, 0.4) is 0 Å². The van der Waals surface area contributed by atoms with Crippen molar-refractivity contribution in [2.24, 2.45) is 0 Å². The van der Waals surface area contributed by atoms with Crippen LogP contribution in [-0.2, 0) is 51.8 Å². The molecule has 131 heavy (non-hydrogen) atoms. The Hall–Kier alpha value is -11.7. The number of carbonyl (C=O) groups is 3. The topological polar surface area (TPSA) is 359 Å². The van der Waals surface area contributed by atoms with E-state index in [4.69, 9.17) is 42.0 Å². The lowest BCUT2D eigenvalue weighted by Gasteiger charge is -2.35. The zero-order valence-electron chi connectivity index (χ0n) is 71.8. The van der Waals surface area contributed by atoms with Crippen molar-refractivity contribution in [1.29, 1.82) is 0 Å². The fourth-order valence-electron chi connectivity index (χ4n) is 14.9. The minimum Gasteiger partial charge on any atom is -0.493 e. The van der Waals surface area contributed by atoms with Crippen molar-refractivity contribution in [2.75, 3.05) is 211 Å². The highest BCUT2D eigenvalue weighted by Gasteiger charge is 2.31. The molecule has 6 aromatic carbocycles. The summed E-state index contributed by atoms with van der Waals surface area (Å²) < 4.78 is 153. The number of benzene rings is 6. The maximum Gasteiger partial charge on any atom is 0.474 e. The van der Waals surface area contributed by atoms with E-state index in [1.165, 1.54) is 108 Å². The number of hydrogen-bond donors (Lipinski definition) is 6. The van der Waals surface area contributed by atoms with E-state index in [9.17, 15) is 45.3 Å². The second kappa shape index (κ2) is 45.4. The summed E-state index contributed by atoms with van der Waals surface area (Å²) in [5.41, 5.74) is 1.02. The van der Waals surface area contributed by atoms with Crippen molar-refractivity contribution in [2.45, 2.75) is 38.5 Å². The average Bonchev–Trinajstić information content (AvgIpc) is 1.54. The minimum atomic E-state index is -4.04. The van der Waals surface area contributed by atoms with Crippen molar-refractivity contribution < 1.29 is 87.3 Å². The van der Waals surface area contributed by atoms with Gasteiger partial charge < -0.3 is 75.0 Å². The number of piperazine rings is 3. The molecule has 12 aromatic rings. The van der Waals surface area contributed by atoms with E-state index in [0.717, 1.165) is 136 Å². The van der Waals surface area contributed by atoms with Gasteiger partial charge in [-0.1, -0.05) is 18.2 Å². The fourth-order valence-corrected chi connectivity index (χ4v) is 18.5. The Balaban J connectivity index is 0.493. The Morgan fingerprint density at radius 1 is 0.359 bits per heavy atom. The van der Waals surface area contributed by atoms with Crippen molar-refractivity contribution in [3.8, 4) is 34.5 Å². The lowest BCUT2D eigenvalue weighted by molar-refractivity contribution is -0.116. The molecule has 9 heterocycles. The number of phosphoric acid groups is 1. The molecule has 0 aliphatic carbocycles. The van der Waals surface area contributed by atoms with Crippen LogP contribution in [-0.4, -0.2) is 271 Å². The second-order valence-electron chi connectivity index (χ2n) is 30.6. The predicted molar refractivity (Wildman–Crippen MR) is 485 cm³/mol. The van der Waals surface area contributed by atoms with Crippen LogP contribution >= 0.6 is 41.8 Å². The standard InChI is InChI=1S/C87H96F6N21O13PS3/c1-119-70-43-58-67(97-52-100-82(58)106-85-94-49-55(129-85)40-76(115)103-64-13-4-10-61(88)79(64)91)46-73(70)122-34-7-16-109-19-25-112(26-20-109)31-37-125-128(118,126-38-32-113-27-21-110(22-28-113)17-8-35-123-74-47-68-59(44-71(74)120-2)83(101-53-98-68)107-86-95-50-56(130-86)41-77(116)104-65-14-5-11-62(89)80(65)92)127-39-33-114-29-23-111(24-30-114)18-9-36-124-75-48-69-60(45-72(75)121-3)84(102-54-99-69)108-87-96-51-57(131-87)42-78(117)105-66-15-6-12-63(90)81(66)93/h4-6,10-15,43-54H,7-9,16-42H2,1-3H3,(H,103,115)(H,104,116)(H,105,117)(H,94,97,100,106)(H,95,98,101,107)(H,96,99,102,108). The van der Waals surface area contributed by atoms with Gasteiger partial charge in [-0.2, -0.15) is 0 Å². The number of ether oxygens (including phenoxy) is 6. The zero-order valence-corrected chi connectivity index (χ0v) is 75.1. The van der Waals surface area contributed by atoms with Crippen LogP contribution in [0, 0.1) is 34.9 Å². The molecule has 0 atom stereocenters. The molecule has 44 heteroatoms. The molecule has 34 nitrogen and oxygen atoms in total. The summed E-state index contributed by atoms with van der Waals surface area (Å²) in [5, 5.41) is 20.1. The van der Waals surface area contributed by atoms with Gasteiger partial charge >= 0.3 is 7.82 Å². The Labute approximate surface area is 761 Å². The number of aromatic nitrogens is 9. The summed E-state index contributed by atoms with van der Waals surface area (Å²) in [6.07, 6.45) is 10.7. The number of methoxy groups -OCH3 is 3. The molecular weight excluding hydrogens is 1790 g/mol. The number of hydrogen-bond acceptors (Lipinski definition) is 34. The Kier molecular flexibility index (Phi) is 32.6. The van der Waals surface area contributed by atoms with E-state index in [1.54, 1.807) is 57.7 Å². The summed E-state index contributed by atoms with van der Waals surface area (Å²) in [6.45, 7) is 15.0. The maximum absolute atomic E-state index is 14.7. The summed E-state index contributed by atoms with van der Waals surface area (Å²) >= 11 is 3.62. The van der Waals surface area contributed by atoms with E-state index >= 15 is 0 Å². The van der Waals surface area contributed by atoms with Gasteiger partial charge in [0.2, 0.25) is 17.7 Å². The van der Waals surface area contributed by atoms with Gasteiger partial charge in [0.1, 0.15) is 36.4 Å². The number of fused-ring (bicyclic) bond motifs is 3. The number of phosphoric ester groups is 1. The van der Waals surface area contributed by atoms with E-state index in [0.29, 0.717) is 154 Å². The van der Waals surface area contributed by atoms with Crippen LogP contribution in [0.1, 0.15) is 33.9 Å². The van der Waals surface area contributed by atoms with Gasteiger partial charge in [-0.25, -0.2) is 75.8 Å². The van der Waals surface area contributed by atoms with Gasteiger partial charge in [0.05, 0.1) is 114 Å². The summed E-state index contributed by atoms with van der Waals surface area (Å²) in [7, 11) is 0.622. The van der Waals surface area contributed by atoms with Crippen LogP contribution in [0.15, 0.2) is 129 Å². The van der Waals surface area contributed by atoms with E-state index in [1.807, 2.05) is 0 Å². The molecular formula is C87H96F6N21O13PS3. The number of anilines is 9. The predicted octanol–water partition coefficient (Wildman–Crippen LogP) is 13.2. The molecule has 3 saturated heterocycles. The highest BCUT2D eigenvalue weighted by Crippen LogP contribution is 2.50. The zero-order chi connectivity index (χ0) is 91.2. The number of halogens is 6. The van der Waals surface area contributed by atoms with Gasteiger partial charge in [0.25, 0.3) is 0 Å². The van der Waals surface area contributed by atoms with E-state index in [2.05, 4.69) is 106 Å². The van der Waals surface area contributed by atoms with Crippen LogP contribution in [0.5, 0.6) is 34.5 Å². The Bertz CT molecular complexity index is 5430. The number of thiazole rings is 3. The largest absolute Gasteiger partial charge is 0.493 e. The van der Waals surface area contributed by atoms with Crippen molar-refractivity contribution in [1.82, 2.24) is 74.3 Å². The number of rotatable bonds is 45. The first-order valence-corrected chi connectivity index (χ1v) is 46.3. The lowest BCUT2D eigenvalue weighted by atomic mass is 10.2. The smallest absolute Gasteiger partial charge is 0.474 e. The van der Waals surface area contributed by atoms with Gasteiger partial charge in [0, 0.05) is 185 Å². The summed E-state index contributed by atoms with van der Waals surface area (Å²) in [6, 6.07) is 21.5. The van der Waals surface area contributed by atoms with Gasteiger partial charge in [-0.05, 0) is 73.9 Å². The average molecular weight is 1890 g/mol. The van der Waals surface area contributed by atoms with Crippen LogP contribution < -0.4 is 60.3 Å². The molecule has 0 unspecified atom stereocenters. The quantitative estimate of drug-likeness (QED) is 0.0117. The molecule has 6 aromatic heterocycles. The third-order valence-corrected chi connectivity index (χ3v) is 26.0. The molecule has 15 rings (SSSR count). The molecule has 3 aliphatic rings. The molecule has 6 N–H and O–H groups in total. The van der Waals surface area contributed by atoms with Crippen molar-refractivity contribution in [3.63, 3.8) is 0 Å². The van der Waals surface area contributed by atoms with E-state index < -0.39 is 60.4 Å². The monoisotopic (exact) mass is 1880 g/mol. The van der Waals surface area contributed by atoms with Crippen molar-refractivity contribution >= 4 is 142 Å². The SMILES string of the molecule is COc1cc2c(Nc3ncc(CC(=O)Nc4cccc(F)c4F)s3)ncnc2cc1OCCCN1CCN(CCOP(=O)(OCCN2CCN(CCCOc3cc4ncnc(Nc5ncc(CC(=O)Nc6cccc(F)c6F)s5)c4cc3OC)CC2)OCCN2CCN(CCCOc3cc4ncnc(Nc5ncc(CC(=O)Nc6cccc(F)c6F)s5)c4cc3OC)CC2)CC1. The lowest BCUT2D eigenvalue weighted by Crippen LogP contribution is -2.48. The van der Waals surface area contributed by atoms with Crippen LogP contribution in [0.4, 0.5) is 76.3 Å². The summed E-state index contributed by atoms with van der Waals surface area (Å²) in [5.74, 6) is -3.88. The number of amides is 3. The first-order valence-electron chi connectivity index (χ1n) is 42.3. The first-order chi connectivity index (χ1) is 63.7. The Morgan fingerprint density at radius 3 is 0.908 bits per heavy atom. The number of carbonyl (C=O) groups excluding carboxylic acids is 3. The van der Waals surface area contributed by atoms with Crippen LogP contribution in [0.25, 0.3) is 32.7 Å².